The highest BCUT2D eigenvalue weighted by Gasteiger charge is 2.10. The molecule has 96 valence electrons. The van der Waals surface area contributed by atoms with E-state index in [-0.39, 0.29) is 0 Å². The summed E-state index contributed by atoms with van der Waals surface area (Å²) >= 11 is 12.2. The van der Waals surface area contributed by atoms with Gasteiger partial charge in [-0.3, -0.25) is 0 Å². The Morgan fingerprint density at radius 1 is 1.18 bits per heavy atom. The van der Waals surface area contributed by atoms with Crippen LogP contribution in [0.4, 0.5) is 0 Å². The zero-order valence-corrected chi connectivity index (χ0v) is 12.1. The highest BCUT2D eigenvalue weighted by atomic mass is 35.5. The number of rotatable bonds is 7. The third-order valence-corrected chi connectivity index (χ3v) is 3.40. The van der Waals surface area contributed by atoms with Crippen LogP contribution in [0.25, 0.3) is 0 Å². The van der Waals surface area contributed by atoms with Crippen molar-refractivity contribution in [3.8, 4) is 0 Å². The lowest BCUT2D eigenvalue weighted by Gasteiger charge is -2.18. The molecule has 0 aliphatic rings. The van der Waals surface area contributed by atoms with Crippen LogP contribution in [0.2, 0.25) is 10.0 Å². The van der Waals surface area contributed by atoms with Crippen LogP contribution < -0.4 is 5.32 Å². The van der Waals surface area contributed by atoms with Crippen molar-refractivity contribution in [2.24, 2.45) is 0 Å². The molecular formula is C14H21Cl2N. The molecule has 1 N–H and O–H groups in total. The minimum atomic E-state index is 0.496. The lowest BCUT2D eigenvalue weighted by atomic mass is 10.0. The molecule has 0 bridgehead atoms. The molecule has 0 aliphatic carbocycles. The molecule has 1 rings (SSSR count). The van der Waals surface area contributed by atoms with E-state index in [4.69, 9.17) is 23.2 Å². The first-order chi connectivity index (χ1) is 8.17. The third kappa shape index (κ3) is 5.29. The molecule has 1 nitrogen and oxygen atoms in total. The zero-order valence-electron chi connectivity index (χ0n) is 10.6. The van der Waals surface area contributed by atoms with Gasteiger partial charge in [-0.2, -0.15) is 0 Å². The maximum atomic E-state index is 6.19. The van der Waals surface area contributed by atoms with Gasteiger partial charge in [-0.15, -0.1) is 0 Å². The highest BCUT2D eigenvalue weighted by Crippen LogP contribution is 2.22. The molecule has 1 atom stereocenters. The maximum Gasteiger partial charge on any atom is 0.0439 e. The summed E-state index contributed by atoms with van der Waals surface area (Å²) in [6, 6.07) is 6.18. The Kier molecular flexibility index (Phi) is 6.94. The van der Waals surface area contributed by atoms with Crippen LogP contribution in [0, 0.1) is 0 Å². The second-order valence-electron chi connectivity index (χ2n) is 4.38. The average Bonchev–Trinajstić information content (AvgIpc) is 2.31. The number of hydrogen-bond acceptors (Lipinski definition) is 1. The van der Waals surface area contributed by atoms with Crippen LogP contribution in [0.5, 0.6) is 0 Å². The smallest absolute Gasteiger partial charge is 0.0439 e. The van der Waals surface area contributed by atoms with Gasteiger partial charge in [0, 0.05) is 16.1 Å². The summed E-state index contributed by atoms with van der Waals surface area (Å²) < 4.78 is 0. The van der Waals surface area contributed by atoms with Gasteiger partial charge in [-0.05, 0) is 49.6 Å². The van der Waals surface area contributed by atoms with Crippen LogP contribution in [0.3, 0.4) is 0 Å². The first-order valence-electron chi connectivity index (χ1n) is 6.34. The number of nitrogens with one attached hydrogen (secondary N) is 1. The lowest BCUT2D eigenvalue weighted by Crippen LogP contribution is -2.31. The van der Waals surface area contributed by atoms with Crippen molar-refractivity contribution < 1.29 is 0 Å². The molecule has 0 amide bonds. The predicted molar refractivity (Wildman–Crippen MR) is 77.2 cm³/mol. The normalized spacial score (nSPS) is 12.7. The molecule has 0 saturated heterocycles. The summed E-state index contributed by atoms with van der Waals surface area (Å²) in [7, 11) is 0. The van der Waals surface area contributed by atoms with Crippen LogP contribution in [-0.2, 0) is 6.42 Å². The van der Waals surface area contributed by atoms with Crippen molar-refractivity contribution in [1.82, 2.24) is 5.32 Å². The quantitative estimate of drug-likeness (QED) is 0.759. The summed E-state index contributed by atoms with van der Waals surface area (Å²) in [4.78, 5) is 0. The van der Waals surface area contributed by atoms with Crippen LogP contribution >= 0.6 is 23.2 Å². The van der Waals surface area contributed by atoms with Gasteiger partial charge in [0.1, 0.15) is 0 Å². The second-order valence-corrected chi connectivity index (χ2v) is 5.22. The average molecular weight is 274 g/mol. The monoisotopic (exact) mass is 273 g/mol. The van der Waals surface area contributed by atoms with Crippen molar-refractivity contribution in [1.29, 1.82) is 0 Å². The van der Waals surface area contributed by atoms with Crippen molar-refractivity contribution in [3.63, 3.8) is 0 Å². The maximum absolute atomic E-state index is 6.19. The van der Waals surface area contributed by atoms with Gasteiger partial charge < -0.3 is 5.32 Å². The van der Waals surface area contributed by atoms with E-state index in [1.165, 1.54) is 12.8 Å². The van der Waals surface area contributed by atoms with Crippen LogP contribution in [-0.4, -0.2) is 12.6 Å². The van der Waals surface area contributed by atoms with E-state index < -0.39 is 0 Å². The van der Waals surface area contributed by atoms with Gasteiger partial charge in [-0.1, -0.05) is 43.5 Å². The second kappa shape index (κ2) is 7.97. The molecule has 1 aromatic carbocycles. The Morgan fingerprint density at radius 3 is 2.59 bits per heavy atom. The molecule has 1 unspecified atom stereocenters. The fraction of sp³-hybridized carbons (Fsp3) is 0.571. The van der Waals surface area contributed by atoms with E-state index in [1.54, 1.807) is 0 Å². The molecule has 0 heterocycles. The Bertz CT molecular complexity index is 339. The molecule has 3 heteroatoms. The first-order valence-corrected chi connectivity index (χ1v) is 7.10. The molecule has 0 saturated carbocycles. The first kappa shape index (κ1) is 14.8. The summed E-state index contributed by atoms with van der Waals surface area (Å²) in [5.74, 6) is 0. The molecule has 17 heavy (non-hydrogen) atoms. The number of halogens is 2. The van der Waals surface area contributed by atoms with Gasteiger partial charge >= 0.3 is 0 Å². The van der Waals surface area contributed by atoms with Gasteiger partial charge in [0.2, 0.25) is 0 Å². The van der Waals surface area contributed by atoms with E-state index in [2.05, 4.69) is 19.2 Å². The fourth-order valence-electron chi connectivity index (χ4n) is 1.94. The fourth-order valence-corrected chi connectivity index (χ4v) is 2.33. The third-order valence-electron chi connectivity index (χ3n) is 2.79. The zero-order chi connectivity index (χ0) is 12.7. The largest absolute Gasteiger partial charge is 0.314 e. The lowest BCUT2D eigenvalue weighted by molar-refractivity contribution is 0.473. The van der Waals surface area contributed by atoms with E-state index in [9.17, 15) is 0 Å². The number of benzene rings is 1. The summed E-state index contributed by atoms with van der Waals surface area (Å²) in [6.07, 6.45) is 4.46. The minimum Gasteiger partial charge on any atom is -0.314 e. The van der Waals surface area contributed by atoms with E-state index >= 15 is 0 Å². The highest BCUT2D eigenvalue weighted by molar-refractivity contribution is 6.33. The van der Waals surface area contributed by atoms with Crippen molar-refractivity contribution in [2.45, 2.75) is 45.6 Å². The van der Waals surface area contributed by atoms with Crippen molar-refractivity contribution >= 4 is 23.2 Å². The number of hydrogen-bond donors (Lipinski definition) is 1. The van der Waals surface area contributed by atoms with Crippen LogP contribution in [0.1, 0.15) is 38.7 Å². The Labute approximate surface area is 115 Å². The van der Waals surface area contributed by atoms with E-state index in [0.717, 1.165) is 35.0 Å². The summed E-state index contributed by atoms with van der Waals surface area (Å²) in [6.45, 7) is 5.45. The summed E-state index contributed by atoms with van der Waals surface area (Å²) in [5, 5.41) is 5.14. The Balaban J connectivity index is 2.67. The van der Waals surface area contributed by atoms with Crippen LogP contribution in [0.15, 0.2) is 18.2 Å². The minimum absolute atomic E-state index is 0.496. The Morgan fingerprint density at radius 2 is 1.94 bits per heavy atom. The van der Waals surface area contributed by atoms with Gasteiger partial charge in [-0.25, -0.2) is 0 Å². The molecule has 0 radical (unpaired) electrons. The van der Waals surface area contributed by atoms with Crippen molar-refractivity contribution in [3.05, 3.63) is 33.8 Å². The molecule has 0 aliphatic heterocycles. The molecule has 0 fully saturated rings. The predicted octanol–water partition coefficient (Wildman–Crippen LogP) is 4.70. The van der Waals surface area contributed by atoms with E-state index in [0.29, 0.717) is 6.04 Å². The molecule has 1 aromatic rings. The molecular weight excluding hydrogens is 253 g/mol. The standard InChI is InChI=1S/C14H21Cl2N/c1-3-5-13(17-8-4-2)10-11-9-12(15)6-7-14(11)16/h6-7,9,13,17H,3-5,8,10H2,1-2H3. The van der Waals surface area contributed by atoms with Gasteiger partial charge in [0.15, 0.2) is 0 Å². The Hall–Kier alpha value is -0.240. The molecule has 0 spiro atoms. The topological polar surface area (TPSA) is 12.0 Å². The van der Waals surface area contributed by atoms with Gasteiger partial charge in [0.25, 0.3) is 0 Å². The van der Waals surface area contributed by atoms with E-state index in [1.807, 2.05) is 18.2 Å². The van der Waals surface area contributed by atoms with Crippen molar-refractivity contribution in [2.75, 3.05) is 6.54 Å². The SMILES string of the molecule is CCCNC(CCC)Cc1cc(Cl)ccc1Cl. The summed E-state index contributed by atoms with van der Waals surface area (Å²) in [5.41, 5.74) is 1.14. The molecule has 0 aromatic heterocycles. The van der Waals surface area contributed by atoms with Gasteiger partial charge in [0.05, 0.1) is 0 Å².